The predicted molar refractivity (Wildman–Crippen MR) is 125 cm³/mol. The maximum absolute atomic E-state index is 12.8. The second-order valence-corrected chi connectivity index (χ2v) is 10.4. The van der Waals surface area contributed by atoms with Gasteiger partial charge in [0.25, 0.3) is 0 Å². The second kappa shape index (κ2) is 10.1. The van der Waals surface area contributed by atoms with Crippen LogP contribution in [0.4, 0.5) is 0 Å². The van der Waals surface area contributed by atoms with E-state index in [1.165, 1.54) is 24.8 Å². The Hall–Kier alpha value is -1.30. The lowest BCUT2D eigenvalue weighted by Gasteiger charge is -2.34. The first kappa shape index (κ1) is 21.0. The summed E-state index contributed by atoms with van der Waals surface area (Å²) < 4.78 is 1.05. The average Bonchev–Trinajstić information content (AvgIpc) is 2.92. The Morgan fingerprint density at radius 1 is 1.00 bits per heavy atom. The van der Waals surface area contributed by atoms with Crippen LogP contribution in [0.5, 0.6) is 0 Å². The van der Waals surface area contributed by atoms with Crippen LogP contribution in [0, 0.1) is 5.92 Å². The molecule has 4 rings (SSSR count). The third-order valence-corrected chi connectivity index (χ3v) is 7.88. The van der Waals surface area contributed by atoms with Gasteiger partial charge in [0.15, 0.2) is 0 Å². The largest absolute Gasteiger partial charge is 0.351 e. The van der Waals surface area contributed by atoms with Gasteiger partial charge in [-0.15, -0.1) is 11.8 Å². The van der Waals surface area contributed by atoms with Crippen molar-refractivity contribution in [2.75, 3.05) is 25.4 Å². The summed E-state index contributed by atoms with van der Waals surface area (Å²) in [6, 6.07) is 19.3. The molecule has 2 aliphatic rings. The van der Waals surface area contributed by atoms with Crippen LogP contribution < -0.4 is 5.32 Å². The Morgan fingerprint density at radius 3 is 2.45 bits per heavy atom. The van der Waals surface area contributed by atoms with E-state index in [-0.39, 0.29) is 17.2 Å². The molecule has 2 aromatic rings. The number of hydrogen-bond acceptors (Lipinski definition) is 3. The molecule has 0 spiro atoms. The smallest absolute Gasteiger partial charge is 0.237 e. The molecule has 0 bridgehead atoms. The van der Waals surface area contributed by atoms with Crippen LogP contribution >= 0.6 is 27.7 Å². The standard InChI is InChI=1S/C24H29BrN2OS/c25-21-8-6-20(7-9-21)23-24(28)26-22(12-15-29-23)17-27-13-10-19(11-14-27)16-18-4-2-1-3-5-18/h1-9,19,22-23H,10-17H2,(H,26,28)/t22-,23+/m0/s1. The van der Waals surface area contributed by atoms with Gasteiger partial charge in [0.1, 0.15) is 5.25 Å². The number of nitrogens with zero attached hydrogens (tertiary/aromatic N) is 1. The van der Waals surface area contributed by atoms with Crippen LogP contribution in [0.3, 0.4) is 0 Å². The third kappa shape index (κ3) is 5.87. The van der Waals surface area contributed by atoms with Crippen molar-refractivity contribution >= 4 is 33.6 Å². The number of likely N-dealkylation sites (tertiary alicyclic amines) is 1. The highest BCUT2D eigenvalue weighted by molar-refractivity contribution is 9.10. The molecule has 2 saturated heterocycles. The molecular formula is C24H29BrN2OS. The molecule has 0 unspecified atom stereocenters. The number of benzene rings is 2. The summed E-state index contributed by atoms with van der Waals surface area (Å²) in [5.74, 6) is 1.97. The molecule has 0 saturated carbocycles. The summed E-state index contributed by atoms with van der Waals surface area (Å²) in [6.45, 7) is 3.28. The third-order valence-electron chi connectivity index (χ3n) is 6.06. The van der Waals surface area contributed by atoms with Crippen LogP contribution in [-0.4, -0.2) is 42.2 Å². The molecule has 0 aromatic heterocycles. The molecule has 3 nitrogen and oxygen atoms in total. The summed E-state index contributed by atoms with van der Waals surface area (Å²) in [5, 5.41) is 3.23. The quantitative estimate of drug-likeness (QED) is 0.659. The van der Waals surface area contributed by atoms with Gasteiger partial charge in [0.2, 0.25) is 5.91 Å². The number of thioether (sulfide) groups is 1. The maximum atomic E-state index is 12.8. The van der Waals surface area contributed by atoms with E-state index in [1.807, 2.05) is 12.1 Å². The average molecular weight is 473 g/mol. The lowest BCUT2D eigenvalue weighted by Crippen LogP contribution is -2.46. The van der Waals surface area contributed by atoms with E-state index in [9.17, 15) is 4.79 Å². The van der Waals surface area contributed by atoms with Gasteiger partial charge in [-0.3, -0.25) is 4.79 Å². The van der Waals surface area contributed by atoms with Crippen molar-refractivity contribution < 1.29 is 4.79 Å². The zero-order chi connectivity index (χ0) is 20.1. The summed E-state index contributed by atoms with van der Waals surface area (Å²) >= 11 is 5.25. The Balaban J connectivity index is 1.26. The molecule has 2 atom stereocenters. The number of hydrogen-bond donors (Lipinski definition) is 1. The molecule has 5 heteroatoms. The zero-order valence-electron chi connectivity index (χ0n) is 16.7. The van der Waals surface area contributed by atoms with Crippen LogP contribution in [0.2, 0.25) is 0 Å². The van der Waals surface area contributed by atoms with Gasteiger partial charge in [-0.2, -0.15) is 0 Å². The molecule has 154 valence electrons. The summed E-state index contributed by atoms with van der Waals surface area (Å²) in [5.41, 5.74) is 2.55. The monoisotopic (exact) mass is 472 g/mol. The number of carbonyl (C=O) groups excluding carboxylic acids is 1. The molecule has 0 aliphatic carbocycles. The molecule has 2 aliphatic heterocycles. The van der Waals surface area contributed by atoms with Crippen LogP contribution in [0.25, 0.3) is 0 Å². The molecule has 2 aromatic carbocycles. The van der Waals surface area contributed by atoms with Gasteiger partial charge >= 0.3 is 0 Å². The summed E-state index contributed by atoms with van der Waals surface area (Å²) in [6.07, 6.45) is 4.76. The Bertz CT molecular complexity index is 790. The normalized spacial score (nSPS) is 24.1. The number of nitrogens with one attached hydrogen (secondary N) is 1. The van der Waals surface area contributed by atoms with E-state index in [2.05, 4.69) is 68.6 Å². The molecule has 2 heterocycles. The van der Waals surface area contributed by atoms with E-state index in [4.69, 9.17) is 0 Å². The fraction of sp³-hybridized carbons (Fsp3) is 0.458. The van der Waals surface area contributed by atoms with Crippen LogP contribution in [-0.2, 0) is 11.2 Å². The minimum atomic E-state index is -0.0929. The molecule has 0 radical (unpaired) electrons. The minimum absolute atomic E-state index is 0.0929. The topological polar surface area (TPSA) is 32.3 Å². The highest BCUT2D eigenvalue weighted by Crippen LogP contribution is 2.33. The van der Waals surface area contributed by atoms with Gasteiger partial charge in [0.05, 0.1) is 0 Å². The summed E-state index contributed by atoms with van der Waals surface area (Å²) in [7, 11) is 0. The van der Waals surface area contributed by atoms with E-state index in [0.717, 1.165) is 47.8 Å². The van der Waals surface area contributed by atoms with Crippen molar-refractivity contribution in [1.82, 2.24) is 10.2 Å². The highest BCUT2D eigenvalue weighted by Gasteiger charge is 2.29. The van der Waals surface area contributed by atoms with Gasteiger partial charge in [0, 0.05) is 17.1 Å². The first-order valence-corrected chi connectivity index (χ1v) is 12.5. The van der Waals surface area contributed by atoms with E-state index in [0.29, 0.717) is 0 Å². The number of piperidine rings is 1. The van der Waals surface area contributed by atoms with Gasteiger partial charge in [-0.1, -0.05) is 58.4 Å². The van der Waals surface area contributed by atoms with E-state index in [1.54, 1.807) is 11.8 Å². The van der Waals surface area contributed by atoms with Crippen molar-refractivity contribution in [3.63, 3.8) is 0 Å². The lowest BCUT2D eigenvalue weighted by atomic mass is 9.90. The van der Waals surface area contributed by atoms with Crippen LogP contribution in [0.15, 0.2) is 59.1 Å². The van der Waals surface area contributed by atoms with Crippen molar-refractivity contribution in [3.8, 4) is 0 Å². The second-order valence-electron chi connectivity index (χ2n) is 8.23. The van der Waals surface area contributed by atoms with Crippen molar-refractivity contribution in [2.45, 2.75) is 37.0 Å². The fourth-order valence-electron chi connectivity index (χ4n) is 4.41. The number of rotatable bonds is 5. The van der Waals surface area contributed by atoms with E-state index < -0.39 is 0 Å². The Kier molecular flexibility index (Phi) is 7.33. The molecule has 2 fully saturated rings. The van der Waals surface area contributed by atoms with Gasteiger partial charge in [-0.25, -0.2) is 0 Å². The molecular weight excluding hydrogens is 444 g/mol. The maximum Gasteiger partial charge on any atom is 0.237 e. The van der Waals surface area contributed by atoms with Crippen molar-refractivity contribution in [2.24, 2.45) is 5.92 Å². The lowest BCUT2D eigenvalue weighted by molar-refractivity contribution is -0.121. The van der Waals surface area contributed by atoms with E-state index >= 15 is 0 Å². The van der Waals surface area contributed by atoms with Crippen LogP contribution in [0.1, 0.15) is 35.6 Å². The summed E-state index contributed by atoms with van der Waals surface area (Å²) in [4.78, 5) is 15.4. The fourth-order valence-corrected chi connectivity index (χ4v) is 5.90. The highest BCUT2D eigenvalue weighted by atomic mass is 79.9. The SMILES string of the molecule is O=C1N[C@H](CN2CCC(Cc3ccccc3)CC2)CCS[C@@H]1c1ccc(Br)cc1. The Morgan fingerprint density at radius 2 is 1.72 bits per heavy atom. The van der Waals surface area contributed by atoms with Gasteiger partial charge in [-0.05, 0) is 73.7 Å². The Labute approximate surface area is 186 Å². The van der Waals surface area contributed by atoms with Crippen molar-refractivity contribution in [3.05, 3.63) is 70.2 Å². The van der Waals surface area contributed by atoms with Crippen molar-refractivity contribution in [1.29, 1.82) is 0 Å². The zero-order valence-corrected chi connectivity index (χ0v) is 19.1. The first-order chi connectivity index (χ1) is 14.2. The molecule has 29 heavy (non-hydrogen) atoms. The number of carbonyl (C=O) groups is 1. The number of halogens is 1. The number of amides is 1. The first-order valence-electron chi connectivity index (χ1n) is 10.6. The molecule has 1 amide bonds. The minimum Gasteiger partial charge on any atom is -0.351 e. The predicted octanol–water partition coefficient (Wildman–Crippen LogP) is 5.07. The van der Waals surface area contributed by atoms with Gasteiger partial charge < -0.3 is 10.2 Å². The molecule has 1 N–H and O–H groups in total.